The van der Waals surface area contributed by atoms with Crippen LogP contribution in [0.15, 0.2) is 24.3 Å². The average Bonchev–Trinajstić information content (AvgIpc) is 2.34. The summed E-state index contributed by atoms with van der Waals surface area (Å²) in [7, 11) is 0. The van der Waals surface area contributed by atoms with Gasteiger partial charge in [0.2, 0.25) is 0 Å². The highest BCUT2D eigenvalue weighted by Crippen LogP contribution is 2.19. The molecular weight excluding hydrogens is 244 g/mol. The fraction of sp³-hybridized carbons (Fsp3) is 0.467. The molecule has 0 aliphatic rings. The van der Waals surface area contributed by atoms with E-state index in [-0.39, 0.29) is 29.1 Å². The van der Waals surface area contributed by atoms with Gasteiger partial charge in [-0.25, -0.2) is 9.59 Å². The van der Waals surface area contributed by atoms with E-state index in [0.29, 0.717) is 0 Å². The van der Waals surface area contributed by atoms with Gasteiger partial charge in [0.15, 0.2) is 0 Å². The van der Waals surface area contributed by atoms with Crippen molar-refractivity contribution in [2.24, 2.45) is 11.8 Å². The number of rotatable bonds is 5. The third-order valence-electron chi connectivity index (χ3n) is 2.93. The topological polar surface area (TPSA) is 63.6 Å². The maximum Gasteiger partial charge on any atom is 0.339 e. The quantitative estimate of drug-likeness (QED) is 0.829. The molecule has 0 spiro atoms. The molecule has 0 unspecified atom stereocenters. The van der Waals surface area contributed by atoms with Gasteiger partial charge < -0.3 is 9.84 Å². The zero-order valence-electron chi connectivity index (χ0n) is 11.7. The van der Waals surface area contributed by atoms with Crippen LogP contribution in [0.25, 0.3) is 0 Å². The number of hydrogen-bond donors (Lipinski definition) is 1. The first kappa shape index (κ1) is 15.2. The molecule has 0 aromatic heterocycles. The monoisotopic (exact) mass is 264 g/mol. The number of carboxylic acid groups (broad SMARTS) is 1. The Morgan fingerprint density at radius 2 is 1.47 bits per heavy atom. The number of ether oxygens (including phenoxy) is 1. The van der Waals surface area contributed by atoms with Crippen molar-refractivity contribution in [2.75, 3.05) is 0 Å². The summed E-state index contributed by atoms with van der Waals surface area (Å²) in [6.07, 6.45) is -0.227. The number of hydrogen-bond acceptors (Lipinski definition) is 3. The number of carbonyl (C=O) groups excluding carboxylic acids is 1. The van der Waals surface area contributed by atoms with Crippen molar-refractivity contribution in [3.63, 3.8) is 0 Å². The van der Waals surface area contributed by atoms with Gasteiger partial charge in [-0.15, -0.1) is 0 Å². The molecule has 0 saturated heterocycles. The maximum absolute atomic E-state index is 12.1. The number of carboxylic acids is 1. The normalized spacial score (nSPS) is 11.1. The van der Waals surface area contributed by atoms with E-state index in [4.69, 9.17) is 9.84 Å². The number of esters is 1. The molecule has 0 heterocycles. The second-order valence-electron chi connectivity index (χ2n) is 5.21. The molecule has 0 saturated carbocycles. The fourth-order valence-corrected chi connectivity index (χ4v) is 2.08. The van der Waals surface area contributed by atoms with Gasteiger partial charge >= 0.3 is 11.9 Å². The Morgan fingerprint density at radius 3 is 1.89 bits per heavy atom. The lowest BCUT2D eigenvalue weighted by atomic mass is 9.96. The Hall–Kier alpha value is -1.84. The molecule has 0 fully saturated rings. The van der Waals surface area contributed by atoms with E-state index in [2.05, 4.69) is 0 Å². The van der Waals surface area contributed by atoms with Gasteiger partial charge in [0.05, 0.1) is 11.1 Å². The minimum Gasteiger partial charge on any atom is -0.478 e. The standard InChI is InChI=1S/C15H20O4/c1-9(2)13(10(3)4)19-15(18)12-8-6-5-7-11(12)14(16)17/h5-10,13H,1-4H3,(H,16,17). The van der Waals surface area contributed by atoms with Crippen LogP contribution in [0.3, 0.4) is 0 Å². The van der Waals surface area contributed by atoms with Crippen molar-refractivity contribution in [1.82, 2.24) is 0 Å². The smallest absolute Gasteiger partial charge is 0.339 e. The molecule has 0 aliphatic heterocycles. The third kappa shape index (κ3) is 3.81. The first-order chi connectivity index (χ1) is 8.84. The molecule has 4 nitrogen and oxygen atoms in total. The lowest BCUT2D eigenvalue weighted by Crippen LogP contribution is -2.29. The molecule has 0 radical (unpaired) electrons. The van der Waals surface area contributed by atoms with Gasteiger partial charge in [0, 0.05) is 0 Å². The molecule has 1 aromatic rings. The molecular formula is C15H20O4. The second kappa shape index (κ2) is 6.36. The molecule has 1 aromatic carbocycles. The van der Waals surface area contributed by atoms with Crippen molar-refractivity contribution in [1.29, 1.82) is 0 Å². The summed E-state index contributed by atoms with van der Waals surface area (Å²) in [5, 5.41) is 9.06. The molecule has 0 aliphatic carbocycles. The van der Waals surface area contributed by atoms with Gasteiger partial charge in [-0.05, 0) is 24.0 Å². The van der Waals surface area contributed by atoms with Crippen molar-refractivity contribution >= 4 is 11.9 Å². The van der Waals surface area contributed by atoms with Crippen molar-refractivity contribution in [3.8, 4) is 0 Å². The fourth-order valence-electron chi connectivity index (χ4n) is 2.08. The van der Waals surface area contributed by atoms with E-state index in [1.165, 1.54) is 12.1 Å². The van der Waals surface area contributed by atoms with Gasteiger partial charge in [-0.3, -0.25) is 0 Å². The van der Waals surface area contributed by atoms with Crippen LogP contribution < -0.4 is 0 Å². The van der Waals surface area contributed by atoms with Crippen molar-refractivity contribution in [3.05, 3.63) is 35.4 Å². The Labute approximate surface area is 113 Å². The Balaban J connectivity index is 2.98. The van der Waals surface area contributed by atoms with Crippen LogP contribution in [0, 0.1) is 11.8 Å². The zero-order valence-corrected chi connectivity index (χ0v) is 11.7. The van der Waals surface area contributed by atoms with Crippen LogP contribution in [0.4, 0.5) is 0 Å². The Morgan fingerprint density at radius 1 is 1.00 bits per heavy atom. The lowest BCUT2D eigenvalue weighted by molar-refractivity contribution is 0.00296. The molecule has 0 amide bonds. The van der Waals surface area contributed by atoms with Crippen LogP contribution in [0.5, 0.6) is 0 Å². The average molecular weight is 264 g/mol. The minimum absolute atomic E-state index is 0.0289. The molecule has 1 rings (SSSR count). The molecule has 0 atom stereocenters. The first-order valence-electron chi connectivity index (χ1n) is 6.38. The maximum atomic E-state index is 12.1. The van der Waals surface area contributed by atoms with Crippen LogP contribution in [-0.4, -0.2) is 23.1 Å². The molecule has 104 valence electrons. The van der Waals surface area contributed by atoms with E-state index in [1.54, 1.807) is 12.1 Å². The van der Waals surface area contributed by atoms with Gasteiger partial charge in [-0.1, -0.05) is 39.8 Å². The van der Waals surface area contributed by atoms with Crippen LogP contribution >= 0.6 is 0 Å². The summed E-state index contributed by atoms with van der Waals surface area (Å²) < 4.78 is 5.45. The second-order valence-corrected chi connectivity index (χ2v) is 5.21. The highest BCUT2D eigenvalue weighted by molar-refractivity contribution is 6.02. The lowest BCUT2D eigenvalue weighted by Gasteiger charge is -2.25. The third-order valence-corrected chi connectivity index (χ3v) is 2.93. The van der Waals surface area contributed by atoms with E-state index in [1.807, 2.05) is 27.7 Å². The number of benzene rings is 1. The van der Waals surface area contributed by atoms with Crippen LogP contribution in [0.1, 0.15) is 48.4 Å². The Kier molecular flexibility index (Phi) is 5.10. The van der Waals surface area contributed by atoms with Crippen molar-refractivity contribution in [2.45, 2.75) is 33.8 Å². The summed E-state index contributed by atoms with van der Waals surface area (Å²) >= 11 is 0. The predicted molar refractivity (Wildman–Crippen MR) is 72.3 cm³/mol. The Bertz CT molecular complexity index is 455. The minimum atomic E-state index is -1.13. The highest BCUT2D eigenvalue weighted by atomic mass is 16.5. The molecule has 19 heavy (non-hydrogen) atoms. The highest BCUT2D eigenvalue weighted by Gasteiger charge is 2.25. The van der Waals surface area contributed by atoms with Gasteiger partial charge in [0.25, 0.3) is 0 Å². The first-order valence-corrected chi connectivity index (χ1v) is 6.38. The SMILES string of the molecule is CC(C)C(OC(=O)c1ccccc1C(=O)O)C(C)C. The molecule has 1 N–H and O–H groups in total. The predicted octanol–water partition coefficient (Wildman–Crippen LogP) is 3.22. The van der Waals surface area contributed by atoms with E-state index >= 15 is 0 Å². The van der Waals surface area contributed by atoms with Crippen molar-refractivity contribution < 1.29 is 19.4 Å². The summed E-state index contributed by atoms with van der Waals surface area (Å²) in [4.78, 5) is 23.2. The summed E-state index contributed by atoms with van der Waals surface area (Å²) in [5.41, 5.74) is 0.0695. The van der Waals surface area contributed by atoms with E-state index < -0.39 is 11.9 Å². The number of carbonyl (C=O) groups is 2. The van der Waals surface area contributed by atoms with E-state index in [0.717, 1.165) is 0 Å². The van der Waals surface area contributed by atoms with Crippen LogP contribution in [0.2, 0.25) is 0 Å². The number of aromatic carboxylic acids is 1. The largest absolute Gasteiger partial charge is 0.478 e. The van der Waals surface area contributed by atoms with Gasteiger partial charge in [-0.2, -0.15) is 0 Å². The summed E-state index contributed by atoms with van der Waals surface area (Å²) in [5.74, 6) is -1.34. The van der Waals surface area contributed by atoms with E-state index in [9.17, 15) is 9.59 Å². The molecule has 0 bridgehead atoms. The molecule has 4 heteroatoms. The van der Waals surface area contributed by atoms with Gasteiger partial charge in [0.1, 0.15) is 6.10 Å². The summed E-state index contributed by atoms with van der Waals surface area (Å²) in [6, 6.07) is 6.09. The van der Waals surface area contributed by atoms with Crippen LogP contribution in [-0.2, 0) is 4.74 Å². The summed E-state index contributed by atoms with van der Waals surface area (Å²) in [6.45, 7) is 7.89. The zero-order chi connectivity index (χ0) is 14.6.